The van der Waals surface area contributed by atoms with Crippen molar-refractivity contribution in [3.05, 3.63) is 53.4 Å². The first-order valence-electron chi connectivity index (χ1n) is 21.7. The molecule has 23 heteroatoms. The summed E-state index contributed by atoms with van der Waals surface area (Å²) in [5.74, 6) is -5.70. The second-order valence-electron chi connectivity index (χ2n) is 16.3. The molecule has 360 valence electrons. The Morgan fingerprint density at radius 1 is 0.758 bits per heavy atom. The molecule has 1 fully saturated rings. The number of nitrogens with zero attached hydrogens (tertiary/aromatic N) is 8. The van der Waals surface area contributed by atoms with Crippen molar-refractivity contribution in [2.45, 2.75) is 45.1 Å². The molecule has 0 aliphatic carbocycles. The van der Waals surface area contributed by atoms with Gasteiger partial charge >= 0.3 is 23.9 Å². The molecular weight excluding hydrogens is 861 g/mol. The predicted octanol–water partition coefficient (Wildman–Crippen LogP) is -0.689. The van der Waals surface area contributed by atoms with Crippen molar-refractivity contribution in [1.82, 2.24) is 45.5 Å². The van der Waals surface area contributed by atoms with Crippen LogP contribution in [0.3, 0.4) is 0 Å². The second kappa shape index (κ2) is 25.8. The number of aliphatic imine (C=N–C) groups is 1. The van der Waals surface area contributed by atoms with Crippen LogP contribution in [-0.4, -0.2) is 209 Å². The highest BCUT2D eigenvalue weighted by atomic mass is 16.4. The zero-order chi connectivity index (χ0) is 48.3. The summed E-state index contributed by atoms with van der Waals surface area (Å²) >= 11 is 0. The minimum absolute atomic E-state index is 0.0282. The Balaban J connectivity index is 1.23. The maximum absolute atomic E-state index is 13.1. The molecule has 2 atom stereocenters. The van der Waals surface area contributed by atoms with Crippen molar-refractivity contribution in [2.75, 3.05) is 116 Å². The van der Waals surface area contributed by atoms with E-state index in [1.807, 2.05) is 31.0 Å². The molecule has 66 heavy (non-hydrogen) atoms. The number of carboxylic acids is 4. The van der Waals surface area contributed by atoms with Crippen LogP contribution >= 0.6 is 0 Å². The van der Waals surface area contributed by atoms with Gasteiger partial charge in [0, 0.05) is 96.1 Å². The first kappa shape index (κ1) is 52.1. The molecule has 9 N–H and O–H groups in total. The number of carbonyl (C=O) groups excluding carboxylic acids is 3. The van der Waals surface area contributed by atoms with E-state index in [0.717, 1.165) is 23.5 Å². The van der Waals surface area contributed by atoms with Crippen LogP contribution in [0.2, 0.25) is 0 Å². The van der Waals surface area contributed by atoms with Gasteiger partial charge < -0.3 is 47.0 Å². The number of aryl methyl sites for hydroxylation is 1. The Morgan fingerprint density at radius 2 is 1.26 bits per heavy atom. The zero-order valence-corrected chi connectivity index (χ0v) is 37.6. The molecule has 1 saturated heterocycles. The van der Waals surface area contributed by atoms with Crippen LogP contribution in [0.4, 0.5) is 17.3 Å². The maximum atomic E-state index is 13.1. The third kappa shape index (κ3) is 17.8. The zero-order valence-electron chi connectivity index (χ0n) is 37.6. The van der Waals surface area contributed by atoms with E-state index < -0.39 is 47.6 Å². The molecule has 0 bridgehead atoms. The van der Waals surface area contributed by atoms with Gasteiger partial charge in [0.1, 0.15) is 11.7 Å². The van der Waals surface area contributed by atoms with Crippen molar-refractivity contribution in [2.24, 2.45) is 4.99 Å². The van der Waals surface area contributed by atoms with Gasteiger partial charge in [-0.05, 0) is 50.1 Å². The number of benzene rings is 1. The number of rotatable bonds is 20. The van der Waals surface area contributed by atoms with Crippen LogP contribution in [0, 0.1) is 6.92 Å². The topological polar surface area (TPSA) is 317 Å². The lowest BCUT2D eigenvalue weighted by molar-refractivity contribution is -0.140. The van der Waals surface area contributed by atoms with Crippen LogP contribution < -0.4 is 26.6 Å². The Kier molecular flexibility index (Phi) is 20.4. The highest BCUT2D eigenvalue weighted by molar-refractivity contribution is 6.01. The van der Waals surface area contributed by atoms with Gasteiger partial charge in [-0.1, -0.05) is 13.0 Å². The summed E-state index contributed by atoms with van der Waals surface area (Å²) in [6.07, 6.45) is 4.34. The van der Waals surface area contributed by atoms with Crippen molar-refractivity contribution in [3.8, 4) is 0 Å². The van der Waals surface area contributed by atoms with Crippen molar-refractivity contribution in [1.29, 1.82) is 0 Å². The molecule has 2 aliphatic heterocycles. The Morgan fingerprint density at radius 3 is 1.76 bits per heavy atom. The number of anilines is 2. The van der Waals surface area contributed by atoms with E-state index in [4.69, 9.17) is 10.7 Å². The molecule has 0 spiro atoms. The molecular formula is C43H62N12O11. The third-order valence-corrected chi connectivity index (χ3v) is 11.0. The number of carbonyl (C=O) groups is 7. The van der Waals surface area contributed by atoms with Crippen LogP contribution in [0.5, 0.6) is 0 Å². The number of allylic oxidation sites excluding steroid dienone is 1. The van der Waals surface area contributed by atoms with E-state index in [9.17, 15) is 54.0 Å². The molecule has 0 radical (unpaired) electrons. The van der Waals surface area contributed by atoms with Crippen LogP contribution in [-0.2, 0) is 28.8 Å². The standard InChI is InChI=1S/C43H62N12O11/c1-28-5-4-6-31(48-40-29(2)47-43(44)50-39(28)40)23-51(3)32-9-7-30(8-10-32)41(64)49-33(42(65)66)11-12-34(56)45-13-14-46-35(57)24-52-15-17-53(25-36(58)59)19-21-55(27-38(62)63)22-20-54(18-16-52)26-37(60)61/h4,6-10,28,33H,5,11-27H2,1-3H3,(H,45,56)(H,46,57)(H,49,64)(H,58,59)(H,60,61)(H,62,63)(H,65,66)(H2,44,47,50)/b6-4+,48-31?/t28?,33-/m0/s1. The van der Waals surface area contributed by atoms with Crippen molar-refractivity contribution >= 4 is 64.6 Å². The van der Waals surface area contributed by atoms with Crippen LogP contribution in [0.15, 0.2) is 41.4 Å². The van der Waals surface area contributed by atoms with Gasteiger partial charge in [0.2, 0.25) is 17.8 Å². The summed E-state index contributed by atoms with van der Waals surface area (Å²) < 4.78 is 0. The fraction of sp³-hybridized carbons (Fsp3) is 0.535. The lowest BCUT2D eigenvalue weighted by Gasteiger charge is -2.32. The Bertz CT molecular complexity index is 2070. The van der Waals surface area contributed by atoms with Gasteiger partial charge in [0.05, 0.1) is 49.8 Å². The number of aliphatic carboxylic acids is 4. The number of nitrogen functional groups attached to an aromatic ring is 1. The maximum Gasteiger partial charge on any atom is 0.326 e. The summed E-state index contributed by atoms with van der Waals surface area (Å²) in [4.78, 5) is 108. The van der Waals surface area contributed by atoms with Crippen molar-refractivity contribution in [3.63, 3.8) is 0 Å². The summed E-state index contributed by atoms with van der Waals surface area (Å²) in [7, 11) is 1.88. The van der Waals surface area contributed by atoms with Gasteiger partial charge in [0.15, 0.2) is 0 Å². The van der Waals surface area contributed by atoms with Gasteiger partial charge in [-0.2, -0.15) is 0 Å². The van der Waals surface area contributed by atoms with E-state index >= 15 is 0 Å². The average Bonchev–Trinajstić information content (AvgIpc) is 3.24. The summed E-state index contributed by atoms with van der Waals surface area (Å²) in [6, 6.07) is 5.27. The monoisotopic (exact) mass is 922 g/mol. The fourth-order valence-corrected chi connectivity index (χ4v) is 7.39. The quantitative estimate of drug-likeness (QED) is 0.0762. The molecule has 1 aromatic carbocycles. The van der Waals surface area contributed by atoms with E-state index in [-0.39, 0.29) is 122 Å². The van der Waals surface area contributed by atoms with Gasteiger partial charge in [-0.3, -0.25) is 48.4 Å². The average molecular weight is 923 g/mol. The van der Waals surface area contributed by atoms with Gasteiger partial charge in [0.25, 0.3) is 5.91 Å². The molecule has 3 heterocycles. The van der Waals surface area contributed by atoms with Gasteiger partial charge in [-0.25, -0.2) is 19.8 Å². The summed E-state index contributed by atoms with van der Waals surface area (Å²) in [5.41, 5.74) is 9.86. The molecule has 2 aromatic rings. The Hall–Kier alpha value is -6.56. The molecule has 1 aromatic heterocycles. The van der Waals surface area contributed by atoms with E-state index in [1.165, 1.54) is 0 Å². The number of nitrogens with one attached hydrogen (secondary N) is 3. The lowest BCUT2D eigenvalue weighted by Crippen LogP contribution is -2.50. The summed E-state index contributed by atoms with van der Waals surface area (Å²) in [5, 5.41) is 45.9. The first-order chi connectivity index (χ1) is 31.4. The van der Waals surface area contributed by atoms with Gasteiger partial charge in [-0.15, -0.1) is 0 Å². The number of aromatic nitrogens is 2. The number of nitrogens with two attached hydrogens (primary N) is 1. The number of hydrogen-bond acceptors (Lipinski definition) is 16. The first-order valence-corrected chi connectivity index (χ1v) is 21.7. The molecule has 4 rings (SSSR count). The smallest absolute Gasteiger partial charge is 0.326 e. The molecule has 3 amide bonds. The highest BCUT2D eigenvalue weighted by Gasteiger charge is 2.24. The van der Waals surface area contributed by atoms with Crippen LogP contribution in [0.1, 0.15) is 53.8 Å². The van der Waals surface area contributed by atoms with E-state index in [1.54, 1.807) is 43.9 Å². The molecule has 0 saturated carbocycles. The normalized spacial score (nSPS) is 17.8. The lowest BCUT2D eigenvalue weighted by atomic mass is 9.99. The SMILES string of the molecule is Cc1nc(N)nc2c1N=C(CN(C)c1ccc(C(=O)N[C@@H](CCC(=O)NCCNC(=O)CN3CCN(CC(=O)O)CCN(CC(=O)O)CCN(CC(=O)O)CC3)C(=O)O)cc1)/C=C/CC2C. The fourth-order valence-electron chi connectivity index (χ4n) is 7.39. The third-order valence-electron chi connectivity index (χ3n) is 11.0. The number of hydrogen-bond donors (Lipinski definition) is 8. The predicted molar refractivity (Wildman–Crippen MR) is 243 cm³/mol. The summed E-state index contributed by atoms with van der Waals surface area (Å²) in [6.45, 7) is 5.42. The molecule has 23 nitrogen and oxygen atoms in total. The Labute approximate surface area is 382 Å². The number of amides is 3. The second-order valence-corrected chi connectivity index (χ2v) is 16.3. The van der Waals surface area contributed by atoms with Crippen LogP contribution in [0.25, 0.3) is 0 Å². The van der Waals surface area contributed by atoms with Crippen molar-refractivity contribution < 1.29 is 54.0 Å². The van der Waals surface area contributed by atoms with E-state index in [2.05, 4.69) is 32.8 Å². The minimum Gasteiger partial charge on any atom is -0.480 e. The number of carboxylic acid groups (broad SMARTS) is 4. The van der Waals surface area contributed by atoms with E-state index in [0.29, 0.717) is 17.9 Å². The minimum atomic E-state index is -1.36. The number of fused-ring (bicyclic) bond motifs is 1. The molecule has 2 aliphatic rings. The largest absolute Gasteiger partial charge is 0.480 e. The highest BCUT2D eigenvalue weighted by Crippen LogP contribution is 2.32. The molecule has 1 unspecified atom stereocenters.